The van der Waals surface area contributed by atoms with Gasteiger partial charge >= 0.3 is 0 Å². The van der Waals surface area contributed by atoms with Crippen LogP contribution in [0.15, 0.2) is 58.2 Å². The lowest BCUT2D eigenvalue weighted by Gasteiger charge is -2.11. The van der Waals surface area contributed by atoms with E-state index in [1.165, 1.54) is 4.90 Å². The second kappa shape index (κ2) is 8.90. The third-order valence-electron chi connectivity index (χ3n) is 3.64. The number of nitrogens with one attached hydrogen (secondary N) is 1. The number of nitrogens with zero attached hydrogens (tertiary/aromatic N) is 3. The zero-order valence-electron chi connectivity index (χ0n) is 15.2. The Bertz CT molecular complexity index is 1010. The molecule has 1 N–H and O–H groups in total. The van der Waals surface area contributed by atoms with Crippen LogP contribution in [0.4, 0.5) is 5.69 Å². The third kappa shape index (κ3) is 4.90. The summed E-state index contributed by atoms with van der Waals surface area (Å²) in [6, 6.07) is 13.9. The number of benzene rings is 2. The molecule has 0 aliphatic heterocycles. The average molecular weight is 417 g/mol. The zero-order valence-corrected chi connectivity index (χ0v) is 16.8. The highest BCUT2D eigenvalue weighted by molar-refractivity contribution is 7.99. The highest BCUT2D eigenvalue weighted by atomic mass is 35.5. The normalized spacial score (nSPS) is 10.5. The van der Waals surface area contributed by atoms with E-state index in [-0.39, 0.29) is 22.8 Å². The molecule has 0 atom stereocenters. The lowest BCUT2D eigenvalue weighted by atomic mass is 10.2. The van der Waals surface area contributed by atoms with Crippen LogP contribution >= 0.6 is 23.4 Å². The van der Waals surface area contributed by atoms with Crippen molar-refractivity contribution >= 4 is 40.9 Å². The minimum absolute atomic E-state index is 0.0794. The molecule has 9 heteroatoms. The van der Waals surface area contributed by atoms with E-state index in [1.807, 2.05) is 12.1 Å². The molecule has 28 heavy (non-hydrogen) atoms. The molecule has 0 saturated carbocycles. The van der Waals surface area contributed by atoms with E-state index >= 15 is 0 Å². The van der Waals surface area contributed by atoms with E-state index < -0.39 is 0 Å². The first-order valence-corrected chi connectivity index (χ1v) is 9.63. The molecular formula is C19H17ClN4O3S. The number of rotatable bonds is 6. The lowest BCUT2D eigenvalue weighted by molar-refractivity contribution is -0.113. The van der Waals surface area contributed by atoms with Gasteiger partial charge in [-0.15, -0.1) is 10.2 Å². The van der Waals surface area contributed by atoms with Gasteiger partial charge in [0.15, 0.2) is 0 Å². The molecule has 0 saturated heterocycles. The number of amides is 2. The topological polar surface area (TPSA) is 88.3 Å². The average Bonchev–Trinajstić information content (AvgIpc) is 3.15. The number of aromatic nitrogens is 2. The van der Waals surface area contributed by atoms with Gasteiger partial charge < -0.3 is 14.6 Å². The van der Waals surface area contributed by atoms with E-state index in [4.69, 9.17) is 16.0 Å². The van der Waals surface area contributed by atoms with Crippen LogP contribution in [-0.2, 0) is 4.79 Å². The van der Waals surface area contributed by atoms with Gasteiger partial charge in [-0.2, -0.15) is 0 Å². The van der Waals surface area contributed by atoms with Crippen molar-refractivity contribution in [2.24, 2.45) is 0 Å². The summed E-state index contributed by atoms with van der Waals surface area (Å²) in [5, 5.41) is 11.4. The number of carbonyl (C=O) groups excluding carboxylic acids is 2. The van der Waals surface area contributed by atoms with Crippen molar-refractivity contribution in [1.82, 2.24) is 15.1 Å². The first-order valence-electron chi connectivity index (χ1n) is 8.27. The molecule has 0 unspecified atom stereocenters. The highest BCUT2D eigenvalue weighted by Gasteiger charge is 2.14. The first-order chi connectivity index (χ1) is 13.4. The maximum atomic E-state index is 12.2. The molecule has 1 aromatic heterocycles. The van der Waals surface area contributed by atoms with Crippen LogP contribution in [-0.4, -0.2) is 46.8 Å². The monoisotopic (exact) mass is 416 g/mol. The molecule has 2 aromatic carbocycles. The molecule has 1 heterocycles. The van der Waals surface area contributed by atoms with Crippen molar-refractivity contribution in [2.45, 2.75) is 5.22 Å². The maximum Gasteiger partial charge on any atom is 0.277 e. The Morgan fingerprint density at radius 1 is 1.14 bits per heavy atom. The van der Waals surface area contributed by atoms with Gasteiger partial charge in [-0.1, -0.05) is 41.6 Å². The lowest BCUT2D eigenvalue weighted by Crippen LogP contribution is -2.22. The van der Waals surface area contributed by atoms with Gasteiger partial charge in [0, 0.05) is 25.3 Å². The molecule has 0 fully saturated rings. The van der Waals surface area contributed by atoms with Gasteiger partial charge in [0.25, 0.3) is 11.1 Å². The van der Waals surface area contributed by atoms with Crippen LogP contribution in [0.3, 0.4) is 0 Å². The van der Waals surface area contributed by atoms with Crippen molar-refractivity contribution in [2.75, 3.05) is 25.2 Å². The summed E-state index contributed by atoms with van der Waals surface area (Å²) in [7, 11) is 3.34. The fourth-order valence-corrected chi connectivity index (χ4v) is 3.10. The summed E-state index contributed by atoms with van der Waals surface area (Å²) in [6.45, 7) is 0. The standard InChI is InChI=1S/C19H17ClN4O3S/c1-24(2)18(26)12-6-5-7-13(10-12)21-16(25)11-28-19-23-22-17(27-19)14-8-3-4-9-15(14)20/h3-10H,11H2,1-2H3,(H,21,25). The quantitative estimate of drug-likeness (QED) is 0.614. The van der Waals surface area contributed by atoms with Gasteiger partial charge in [0.2, 0.25) is 11.8 Å². The molecule has 144 valence electrons. The molecule has 7 nitrogen and oxygen atoms in total. The Morgan fingerprint density at radius 2 is 1.93 bits per heavy atom. The number of anilines is 1. The number of hydrogen-bond acceptors (Lipinski definition) is 6. The number of hydrogen-bond donors (Lipinski definition) is 1. The van der Waals surface area contributed by atoms with Crippen molar-refractivity contribution in [3.63, 3.8) is 0 Å². The van der Waals surface area contributed by atoms with Crippen molar-refractivity contribution < 1.29 is 14.0 Å². The fraction of sp³-hybridized carbons (Fsp3) is 0.158. The Balaban J connectivity index is 1.59. The van der Waals surface area contributed by atoms with Crippen molar-refractivity contribution in [3.8, 4) is 11.5 Å². The number of carbonyl (C=O) groups is 2. The van der Waals surface area contributed by atoms with Gasteiger partial charge in [-0.3, -0.25) is 9.59 Å². The summed E-state index contributed by atoms with van der Waals surface area (Å²) in [4.78, 5) is 25.7. The minimum Gasteiger partial charge on any atom is -0.411 e. The molecular weight excluding hydrogens is 400 g/mol. The number of halogens is 1. The van der Waals surface area contributed by atoms with E-state index in [9.17, 15) is 9.59 Å². The molecule has 0 spiro atoms. The summed E-state index contributed by atoms with van der Waals surface area (Å²) >= 11 is 7.23. The Labute approximate surface area is 171 Å². The van der Waals surface area contributed by atoms with Crippen molar-refractivity contribution in [1.29, 1.82) is 0 Å². The summed E-state index contributed by atoms with van der Waals surface area (Å²) in [6.07, 6.45) is 0. The molecule has 0 aliphatic rings. The number of thioether (sulfide) groups is 1. The fourth-order valence-electron chi connectivity index (χ4n) is 2.32. The molecule has 0 radical (unpaired) electrons. The van der Waals surface area contributed by atoms with Crippen LogP contribution < -0.4 is 5.32 Å². The first kappa shape index (κ1) is 19.9. The Kier molecular flexibility index (Phi) is 6.33. The van der Waals surface area contributed by atoms with Gasteiger partial charge in [0.05, 0.1) is 16.3 Å². The molecule has 0 aliphatic carbocycles. The Morgan fingerprint density at radius 3 is 2.68 bits per heavy atom. The predicted molar refractivity (Wildman–Crippen MR) is 109 cm³/mol. The zero-order chi connectivity index (χ0) is 20.1. The minimum atomic E-state index is -0.253. The van der Waals surface area contributed by atoms with E-state index in [2.05, 4.69) is 15.5 Å². The summed E-state index contributed by atoms with van der Waals surface area (Å²) in [5.74, 6) is -0.0143. The third-order valence-corrected chi connectivity index (χ3v) is 4.78. The maximum absolute atomic E-state index is 12.2. The molecule has 3 rings (SSSR count). The largest absolute Gasteiger partial charge is 0.411 e. The van der Waals surface area contributed by atoms with Gasteiger partial charge in [-0.05, 0) is 30.3 Å². The molecule has 3 aromatic rings. The molecule has 2 amide bonds. The molecule has 0 bridgehead atoms. The van der Waals surface area contributed by atoms with Crippen LogP contribution in [0.2, 0.25) is 5.02 Å². The predicted octanol–water partition coefficient (Wildman–Crippen LogP) is 3.82. The second-order valence-electron chi connectivity index (χ2n) is 5.97. The van der Waals surface area contributed by atoms with E-state index in [1.54, 1.807) is 50.5 Å². The second-order valence-corrected chi connectivity index (χ2v) is 7.30. The van der Waals surface area contributed by atoms with Gasteiger partial charge in [0.1, 0.15) is 0 Å². The van der Waals surface area contributed by atoms with Crippen LogP contribution in [0.25, 0.3) is 11.5 Å². The van der Waals surface area contributed by atoms with Gasteiger partial charge in [-0.25, -0.2) is 0 Å². The van der Waals surface area contributed by atoms with Crippen LogP contribution in [0, 0.1) is 0 Å². The SMILES string of the molecule is CN(C)C(=O)c1cccc(NC(=O)CSc2nnc(-c3ccccc3Cl)o2)c1. The van der Waals surface area contributed by atoms with E-state index in [0.29, 0.717) is 27.7 Å². The highest BCUT2D eigenvalue weighted by Crippen LogP contribution is 2.28. The summed E-state index contributed by atoms with van der Waals surface area (Å²) in [5.41, 5.74) is 1.67. The van der Waals surface area contributed by atoms with Crippen LogP contribution in [0.1, 0.15) is 10.4 Å². The van der Waals surface area contributed by atoms with Crippen molar-refractivity contribution in [3.05, 3.63) is 59.1 Å². The smallest absolute Gasteiger partial charge is 0.277 e. The van der Waals surface area contributed by atoms with Crippen LogP contribution in [0.5, 0.6) is 0 Å². The van der Waals surface area contributed by atoms with E-state index in [0.717, 1.165) is 11.8 Å². The Hall–Kier alpha value is -2.84. The summed E-state index contributed by atoms with van der Waals surface area (Å²) < 4.78 is 5.55.